The van der Waals surface area contributed by atoms with Gasteiger partial charge in [0, 0.05) is 27.3 Å². The molecular formula is C22H22N10O4. The smallest absolute Gasteiger partial charge is 0.179 e. The summed E-state index contributed by atoms with van der Waals surface area (Å²) in [7, 11) is 3.12. The normalized spacial score (nSPS) is 11.6. The molecule has 0 saturated heterocycles. The molecule has 0 N–H and O–H groups in total. The molecular weight excluding hydrogens is 468 g/mol. The summed E-state index contributed by atoms with van der Waals surface area (Å²) in [4.78, 5) is 20.7. The minimum atomic E-state index is -0.164. The first-order chi connectivity index (χ1) is 17.6. The maximum Gasteiger partial charge on any atom is 0.179 e. The van der Waals surface area contributed by atoms with E-state index in [1.54, 1.807) is 24.0 Å². The quantitative estimate of drug-likeness (QED) is 0.377. The molecule has 3 rings (SSSR count). The van der Waals surface area contributed by atoms with Gasteiger partial charge in [-0.2, -0.15) is 21.0 Å². The Balaban J connectivity index is 2.12. The van der Waals surface area contributed by atoms with Gasteiger partial charge in [-0.3, -0.25) is 0 Å². The largest absolute Gasteiger partial charge is 0.382 e. The highest BCUT2D eigenvalue weighted by Gasteiger charge is 2.36. The van der Waals surface area contributed by atoms with Gasteiger partial charge in [-0.05, 0) is 0 Å². The fourth-order valence-electron chi connectivity index (χ4n) is 3.30. The summed E-state index contributed by atoms with van der Waals surface area (Å²) in [5.41, 5.74) is -0.654. The van der Waals surface area contributed by atoms with E-state index in [2.05, 4.69) is 19.9 Å². The van der Waals surface area contributed by atoms with E-state index in [4.69, 9.17) is 18.9 Å². The third-order valence-corrected chi connectivity index (χ3v) is 4.95. The lowest BCUT2D eigenvalue weighted by Gasteiger charge is -2.36. The van der Waals surface area contributed by atoms with E-state index in [9.17, 15) is 21.0 Å². The third-order valence-electron chi connectivity index (χ3n) is 4.95. The highest BCUT2D eigenvalue weighted by atomic mass is 16.5. The first-order valence-corrected chi connectivity index (χ1v) is 10.8. The van der Waals surface area contributed by atoms with Crippen LogP contribution in [0, 0.1) is 45.3 Å². The number of aromatic nitrogens is 4. The molecule has 0 amide bonds. The summed E-state index contributed by atoms with van der Waals surface area (Å²) in [5, 5.41) is 38.1. The first kappa shape index (κ1) is 26.2. The van der Waals surface area contributed by atoms with Crippen molar-refractivity contribution in [2.75, 3.05) is 76.8 Å². The van der Waals surface area contributed by atoms with Gasteiger partial charge in [-0.1, -0.05) is 0 Å². The summed E-state index contributed by atoms with van der Waals surface area (Å²) in [5.74, 6) is 0.919. The van der Waals surface area contributed by atoms with Gasteiger partial charge in [-0.25, -0.2) is 19.9 Å². The van der Waals surface area contributed by atoms with Gasteiger partial charge < -0.3 is 28.7 Å². The molecule has 0 atom stereocenters. The molecule has 0 spiro atoms. The summed E-state index contributed by atoms with van der Waals surface area (Å²) in [6, 6.07) is 7.55. The van der Waals surface area contributed by atoms with Crippen molar-refractivity contribution in [3.8, 4) is 24.3 Å². The Morgan fingerprint density at radius 1 is 0.528 bits per heavy atom. The number of nitriles is 4. The topological polar surface area (TPSA) is 190 Å². The van der Waals surface area contributed by atoms with Crippen LogP contribution < -0.4 is 9.80 Å². The highest BCUT2D eigenvalue weighted by molar-refractivity contribution is 5.87. The molecule has 2 aromatic heterocycles. The van der Waals surface area contributed by atoms with Crippen molar-refractivity contribution in [3.63, 3.8) is 0 Å². The Morgan fingerprint density at radius 3 is 1.08 bits per heavy atom. The molecule has 0 aromatic carbocycles. The number of hydrogen-bond acceptors (Lipinski definition) is 14. The minimum Gasteiger partial charge on any atom is -0.382 e. The third kappa shape index (κ3) is 5.61. The van der Waals surface area contributed by atoms with Crippen molar-refractivity contribution in [1.29, 1.82) is 21.0 Å². The van der Waals surface area contributed by atoms with E-state index in [0.717, 1.165) is 0 Å². The molecule has 14 heteroatoms. The summed E-state index contributed by atoms with van der Waals surface area (Å²) in [6.07, 6.45) is 0. The van der Waals surface area contributed by atoms with E-state index in [-0.39, 0.29) is 72.4 Å². The van der Waals surface area contributed by atoms with E-state index in [1.807, 2.05) is 24.3 Å². The average Bonchev–Trinajstić information content (AvgIpc) is 2.91. The summed E-state index contributed by atoms with van der Waals surface area (Å²) < 4.78 is 21.2. The zero-order valence-electron chi connectivity index (χ0n) is 19.8. The SMILES string of the molecule is COCCOCCN1c2nc(C#N)c(C#N)nc2N(CCOCCOC)c2nc(C#N)c(C#N)nc21. The summed E-state index contributed by atoms with van der Waals surface area (Å²) >= 11 is 0. The van der Waals surface area contributed by atoms with Crippen molar-refractivity contribution in [2.24, 2.45) is 0 Å². The lowest BCUT2D eigenvalue weighted by molar-refractivity contribution is 0.0741. The number of hydrogen-bond donors (Lipinski definition) is 0. The van der Waals surface area contributed by atoms with Crippen LogP contribution >= 0.6 is 0 Å². The van der Waals surface area contributed by atoms with Crippen LogP contribution in [0.15, 0.2) is 0 Å². The van der Waals surface area contributed by atoms with Crippen molar-refractivity contribution >= 4 is 23.3 Å². The molecule has 0 radical (unpaired) electrons. The molecule has 0 fully saturated rings. The lowest BCUT2D eigenvalue weighted by atomic mass is 10.2. The highest BCUT2D eigenvalue weighted by Crippen LogP contribution is 2.44. The van der Waals surface area contributed by atoms with Crippen LogP contribution in [0.4, 0.5) is 23.3 Å². The summed E-state index contributed by atoms with van der Waals surface area (Å²) in [6.45, 7) is 2.35. The standard InChI is InChI=1S/C22H22N10O4/c1-33-7-9-35-5-3-31-19-21(29-17(13-25)15(11-23)27-19)32(4-6-36-10-8-34-2)22-20(31)28-16(12-24)18(14-26)30-22/h3-10H2,1-2H3. The molecule has 184 valence electrons. The maximum atomic E-state index is 9.53. The predicted molar refractivity (Wildman–Crippen MR) is 122 cm³/mol. The molecule has 1 aliphatic heterocycles. The van der Waals surface area contributed by atoms with Gasteiger partial charge in [-0.15, -0.1) is 0 Å². The van der Waals surface area contributed by atoms with Gasteiger partial charge in [0.2, 0.25) is 0 Å². The fraction of sp³-hybridized carbons (Fsp3) is 0.455. The predicted octanol–water partition coefficient (Wildman–Crippen LogP) is 0.669. The second kappa shape index (κ2) is 12.9. The first-order valence-electron chi connectivity index (χ1n) is 10.8. The minimum absolute atomic E-state index is 0.164. The number of fused-ring (bicyclic) bond motifs is 2. The Labute approximate surface area is 207 Å². The molecule has 0 bridgehead atoms. The molecule has 3 heterocycles. The monoisotopic (exact) mass is 490 g/mol. The fourth-order valence-corrected chi connectivity index (χ4v) is 3.30. The van der Waals surface area contributed by atoms with Gasteiger partial charge in [0.1, 0.15) is 24.3 Å². The lowest BCUT2D eigenvalue weighted by Crippen LogP contribution is -2.37. The van der Waals surface area contributed by atoms with Crippen LogP contribution in [-0.2, 0) is 18.9 Å². The molecule has 0 unspecified atom stereocenters. The van der Waals surface area contributed by atoms with E-state index in [1.165, 1.54) is 0 Å². The van der Waals surface area contributed by atoms with E-state index < -0.39 is 0 Å². The number of anilines is 4. The van der Waals surface area contributed by atoms with E-state index >= 15 is 0 Å². The second-order valence-corrected chi connectivity index (χ2v) is 7.10. The van der Waals surface area contributed by atoms with E-state index in [0.29, 0.717) is 26.4 Å². The van der Waals surface area contributed by atoms with Gasteiger partial charge >= 0.3 is 0 Å². The zero-order chi connectivity index (χ0) is 25.9. The van der Waals surface area contributed by atoms with Crippen LogP contribution in [0.3, 0.4) is 0 Å². The average molecular weight is 490 g/mol. The molecule has 0 aliphatic carbocycles. The van der Waals surface area contributed by atoms with Crippen LogP contribution in [0.2, 0.25) is 0 Å². The molecule has 2 aromatic rings. The van der Waals surface area contributed by atoms with Crippen LogP contribution in [-0.4, -0.2) is 86.9 Å². The van der Waals surface area contributed by atoms with Crippen molar-refractivity contribution in [3.05, 3.63) is 22.8 Å². The van der Waals surface area contributed by atoms with Gasteiger partial charge in [0.25, 0.3) is 0 Å². The molecule has 14 nitrogen and oxygen atoms in total. The molecule has 36 heavy (non-hydrogen) atoms. The second-order valence-electron chi connectivity index (χ2n) is 7.10. The maximum absolute atomic E-state index is 9.53. The van der Waals surface area contributed by atoms with Crippen molar-refractivity contribution < 1.29 is 18.9 Å². The zero-order valence-corrected chi connectivity index (χ0v) is 19.8. The van der Waals surface area contributed by atoms with Gasteiger partial charge in [0.15, 0.2) is 46.0 Å². The Kier molecular flexibility index (Phi) is 9.35. The van der Waals surface area contributed by atoms with Crippen LogP contribution in [0.25, 0.3) is 0 Å². The number of methoxy groups -OCH3 is 2. The van der Waals surface area contributed by atoms with Gasteiger partial charge in [0.05, 0.1) is 39.6 Å². The number of rotatable bonds is 12. The Morgan fingerprint density at radius 2 is 0.833 bits per heavy atom. The molecule has 1 aliphatic rings. The number of ether oxygens (including phenoxy) is 4. The Hall–Kier alpha value is -4.44. The van der Waals surface area contributed by atoms with Crippen molar-refractivity contribution in [2.45, 2.75) is 0 Å². The van der Waals surface area contributed by atoms with Crippen molar-refractivity contribution in [1.82, 2.24) is 19.9 Å². The van der Waals surface area contributed by atoms with Crippen LogP contribution in [0.5, 0.6) is 0 Å². The molecule has 0 saturated carbocycles. The van der Waals surface area contributed by atoms with Crippen LogP contribution in [0.1, 0.15) is 22.8 Å². The number of nitrogens with zero attached hydrogens (tertiary/aromatic N) is 10. The Bertz CT molecular complexity index is 1080.